The van der Waals surface area contributed by atoms with Gasteiger partial charge in [-0.3, -0.25) is 0 Å². The van der Waals surface area contributed by atoms with Gasteiger partial charge in [0.15, 0.2) is 0 Å². The van der Waals surface area contributed by atoms with Gasteiger partial charge >= 0.3 is 6.61 Å². The van der Waals surface area contributed by atoms with Gasteiger partial charge in [0.1, 0.15) is 17.6 Å². The summed E-state index contributed by atoms with van der Waals surface area (Å²) < 4.78 is 29.1. The number of para-hydroxylation sites is 2. The number of hydrogen-bond acceptors (Lipinski definition) is 4. The van der Waals surface area contributed by atoms with Crippen molar-refractivity contribution in [1.82, 2.24) is 4.98 Å². The molecular formula is C14H11F2N3O. The minimum absolute atomic E-state index is 0.00491. The highest BCUT2D eigenvalue weighted by molar-refractivity contribution is 5.67. The molecule has 0 spiro atoms. The Morgan fingerprint density at radius 2 is 2.00 bits per heavy atom. The van der Waals surface area contributed by atoms with E-state index in [2.05, 4.69) is 15.0 Å². The van der Waals surface area contributed by atoms with Gasteiger partial charge in [-0.15, -0.1) is 0 Å². The Morgan fingerprint density at radius 3 is 2.70 bits per heavy atom. The summed E-state index contributed by atoms with van der Waals surface area (Å²) in [6.07, 6.45) is 0. The fourth-order valence-corrected chi connectivity index (χ4v) is 1.64. The molecule has 0 fully saturated rings. The molecule has 0 saturated heterocycles. The number of aromatic nitrogens is 1. The fraction of sp³-hybridized carbons (Fsp3) is 0.143. The number of halogens is 2. The standard InChI is InChI=1S/C14H11F2N3O/c1-9-6-7-10(8-17)13(18-9)19-11-4-2-3-5-12(11)20-14(15)16/h2-7,14H,1H3,(H,18,19). The van der Waals surface area contributed by atoms with Crippen molar-refractivity contribution in [1.29, 1.82) is 5.26 Å². The molecule has 4 nitrogen and oxygen atoms in total. The molecule has 1 N–H and O–H groups in total. The molecule has 0 saturated carbocycles. The smallest absolute Gasteiger partial charge is 0.387 e. The summed E-state index contributed by atoms with van der Waals surface area (Å²) in [4.78, 5) is 4.18. The quantitative estimate of drug-likeness (QED) is 0.926. The SMILES string of the molecule is Cc1ccc(C#N)c(Nc2ccccc2OC(F)F)n1. The second-order valence-corrected chi connectivity index (χ2v) is 3.96. The zero-order valence-corrected chi connectivity index (χ0v) is 10.6. The fourth-order valence-electron chi connectivity index (χ4n) is 1.64. The lowest BCUT2D eigenvalue weighted by molar-refractivity contribution is -0.0493. The Balaban J connectivity index is 2.35. The number of alkyl halides is 2. The van der Waals surface area contributed by atoms with E-state index in [1.807, 2.05) is 6.07 Å². The van der Waals surface area contributed by atoms with Gasteiger partial charge in [-0.2, -0.15) is 14.0 Å². The van der Waals surface area contributed by atoms with E-state index in [0.29, 0.717) is 22.8 Å². The summed E-state index contributed by atoms with van der Waals surface area (Å²) in [5.74, 6) is 0.299. The van der Waals surface area contributed by atoms with Gasteiger partial charge in [-0.05, 0) is 31.2 Å². The van der Waals surface area contributed by atoms with Crippen molar-refractivity contribution in [3.05, 3.63) is 47.7 Å². The lowest BCUT2D eigenvalue weighted by atomic mass is 10.2. The number of ether oxygens (including phenoxy) is 1. The highest BCUT2D eigenvalue weighted by Gasteiger charge is 2.11. The van der Waals surface area contributed by atoms with Crippen molar-refractivity contribution in [2.24, 2.45) is 0 Å². The minimum Gasteiger partial charge on any atom is -0.433 e. The maximum Gasteiger partial charge on any atom is 0.387 e. The topological polar surface area (TPSA) is 57.9 Å². The first-order valence-corrected chi connectivity index (χ1v) is 5.79. The van der Waals surface area contributed by atoms with Crippen molar-refractivity contribution >= 4 is 11.5 Å². The third-order valence-corrected chi connectivity index (χ3v) is 2.51. The number of nitrogens with one attached hydrogen (secondary N) is 1. The Labute approximate surface area is 114 Å². The normalized spacial score (nSPS) is 10.2. The number of aryl methyl sites for hydroxylation is 1. The molecule has 0 bridgehead atoms. The van der Waals surface area contributed by atoms with Gasteiger partial charge in [0.25, 0.3) is 0 Å². The van der Waals surface area contributed by atoms with Crippen LogP contribution in [0.3, 0.4) is 0 Å². The molecule has 102 valence electrons. The van der Waals surface area contributed by atoms with E-state index in [-0.39, 0.29) is 5.75 Å². The van der Waals surface area contributed by atoms with Gasteiger partial charge in [0.05, 0.1) is 11.3 Å². The van der Waals surface area contributed by atoms with E-state index in [1.165, 1.54) is 6.07 Å². The lowest BCUT2D eigenvalue weighted by Crippen LogP contribution is -2.05. The Morgan fingerprint density at radius 1 is 1.25 bits per heavy atom. The number of benzene rings is 1. The van der Waals surface area contributed by atoms with Gasteiger partial charge in [0, 0.05) is 5.69 Å². The number of hydrogen-bond donors (Lipinski definition) is 1. The second kappa shape index (κ2) is 5.97. The van der Waals surface area contributed by atoms with Crippen LogP contribution in [0.5, 0.6) is 5.75 Å². The Bertz CT molecular complexity index is 653. The molecule has 0 radical (unpaired) electrons. The molecule has 1 heterocycles. The predicted octanol–water partition coefficient (Wildman–Crippen LogP) is 3.61. The van der Waals surface area contributed by atoms with E-state index >= 15 is 0 Å². The van der Waals surface area contributed by atoms with Crippen LogP contribution in [0.25, 0.3) is 0 Å². The first-order valence-electron chi connectivity index (χ1n) is 5.79. The first-order chi connectivity index (χ1) is 9.60. The summed E-state index contributed by atoms with van der Waals surface area (Å²) in [5, 5.41) is 11.9. The van der Waals surface area contributed by atoms with Crippen LogP contribution in [0.2, 0.25) is 0 Å². The third kappa shape index (κ3) is 3.20. The molecule has 0 unspecified atom stereocenters. The van der Waals surface area contributed by atoms with Gasteiger partial charge in [-0.1, -0.05) is 12.1 Å². The van der Waals surface area contributed by atoms with Crippen molar-refractivity contribution in [2.75, 3.05) is 5.32 Å². The molecule has 0 aliphatic heterocycles. The number of anilines is 2. The summed E-state index contributed by atoms with van der Waals surface area (Å²) in [7, 11) is 0. The summed E-state index contributed by atoms with van der Waals surface area (Å²) in [6.45, 7) is -1.15. The molecule has 0 amide bonds. The number of nitrogens with zero attached hydrogens (tertiary/aromatic N) is 2. The van der Waals surface area contributed by atoms with Crippen molar-refractivity contribution < 1.29 is 13.5 Å². The molecule has 2 rings (SSSR count). The van der Waals surface area contributed by atoms with E-state index < -0.39 is 6.61 Å². The van der Waals surface area contributed by atoms with Gasteiger partial charge in [0.2, 0.25) is 0 Å². The first kappa shape index (κ1) is 13.7. The molecule has 0 aliphatic carbocycles. The predicted molar refractivity (Wildman–Crippen MR) is 70.0 cm³/mol. The van der Waals surface area contributed by atoms with Crippen LogP contribution in [0.1, 0.15) is 11.3 Å². The van der Waals surface area contributed by atoms with Crippen LogP contribution >= 0.6 is 0 Å². The van der Waals surface area contributed by atoms with Crippen molar-refractivity contribution in [3.8, 4) is 11.8 Å². The van der Waals surface area contributed by atoms with Crippen LogP contribution in [0, 0.1) is 18.3 Å². The van der Waals surface area contributed by atoms with Crippen LogP contribution in [0.4, 0.5) is 20.3 Å². The minimum atomic E-state index is -2.92. The molecular weight excluding hydrogens is 264 g/mol. The zero-order chi connectivity index (χ0) is 14.5. The number of nitriles is 1. The Hall–Kier alpha value is -2.68. The van der Waals surface area contributed by atoms with E-state index in [4.69, 9.17) is 5.26 Å². The van der Waals surface area contributed by atoms with Crippen LogP contribution in [0.15, 0.2) is 36.4 Å². The average molecular weight is 275 g/mol. The second-order valence-electron chi connectivity index (χ2n) is 3.96. The van der Waals surface area contributed by atoms with Crippen LogP contribution in [-0.4, -0.2) is 11.6 Å². The largest absolute Gasteiger partial charge is 0.433 e. The van der Waals surface area contributed by atoms with Crippen molar-refractivity contribution in [2.45, 2.75) is 13.5 Å². The maximum absolute atomic E-state index is 12.3. The summed E-state index contributed by atoms with van der Waals surface area (Å²) in [6, 6.07) is 11.5. The molecule has 2 aromatic rings. The highest BCUT2D eigenvalue weighted by Crippen LogP contribution is 2.29. The molecule has 20 heavy (non-hydrogen) atoms. The number of rotatable bonds is 4. The lowest BCUT2D eigenvalue weighted by Gasteiger charge is -2.13. The van der Waals surface area contributed by atoms with Crippen LogP contribution < -0.4 is 10.1 Å². The van der Waals surface area contributed by atoms with Gasteiger partial charge in [-0.25, -0.2) is 4.98 Å². The molecule has 1 aromatic carbocycles. The van der Waals surface area contributed by atoms with Crippen molar-refractivity contribution in [3.63, 3.8) is 0 Å². The van der Waals surface area contributed by atoms with E-state index in [1.54, 1.807) is 37.3 Å². The van der Waals surface area contributed by atoms with E-state index in [9.17, 15) is 8.78 Å². The maximum atomic E-state index is 12.3. The molecule has 1 aromatic heterocycles. The van der Waals surface area contributed by atoms with Crippen LogP contribution in [-0.2, 0) is 0 Å². The average Bonchev–Trinajstić information content (AvgIpc) is 2.41. The molecule has 0 atom stereocenters. The monoisotopic (exact) mass is 275 g/mol. The highest BCUT2D eigenvalue weighted by atomic mass is 19.3. The Kier molecular flexibility index (Phi) is 4.11. The van der Waals surface area contributed by atoms with Gasteiger partial charge < -0.3 is 10.1 Å². The number of pyridine rings is 1. The van der Waals surface area contributed by atoms with E-state index in [0.717, 1.165) is 0 Å². The molecule has 0 aliphatic rings. The summed E-state index contributed by atoms with van der Waals surface area (Å²) in [5.41, 5.74) is 1.35. The third-order valence-electron chi connectivity index (χ3n) is 2.51. The molecule has 6 heteroatoms. The zero-order valence-electron chi connectivity index (χ0n) is 10.6. The summed E-state index contributed by atoms with van der Waals surface area (Å²) >= 11 is 0.